The predicted octanol–water partition coefficient (Wildman–Crippen LogP) is 5.06. The van der Waals surface area contributed by atoms with Crippen molar-refractivity contribution in [2.24, 2.45) is 0 Å². The first-order valence-electron chi connectivity index (χ1n) is 7.23. The van der Waals surface area contributed by atoms with E-state index in [1.54, 1.807) is 6.08 Å². The zero-order chi connectivity index (χ0) is 15.7. The fraction of sp³-hybridized carbons (Fsp3) is 0.211. The third-order valence-electron chi connectivity index (χ3n) is 3.64. The Balaban J connectivity index is 1.78. The molecule has 3 heteroatoms. The van der Waals surface area contributed by atoms with E-state index in [-0.39, 0.29) is 11.4 Å². The normalized spacial score (nSPS) is 15.6. The van der Waals surface area contributed by atoms with Crippen LogP contribution in [0.2, 0.25) is 0 Å². The predicted molar refractivity (Wildman–Crippen MR) is 92.4 cm³/mol. The quantitative estimate of drug-likeness (QED) is 0.567. The molecule has 0 unspecified atom stereocenters. The fourth-order valence-electron chi connectivity index (χ4n) is 2.60. The molecule has 0 saturated heterocycles. The molecule has 0 amide bonds. The molecule has 0 aliphatic carbocycles. The second kappa shape index (κ2) is 5.73. The van der Waals surface area contributed by atoms with E-state index in [1.165, 1.54) is 0 Å². The molecule has 112 valence electrons. The van der Waals surface area contributed by atoms with Gasteiger partial charge in [-0.05, 0) is 61.4 Å². The number of fused-ring (bicyclic) bond motifs is 1. The van der Waals surface area contributed by atoms with Gasteiger partial charge in [0.2, 0.25) is 0 Å². The van der Waals surface area contributed by atoms with Crippen LogP contribution in [0, 0.1) is 0 Å². The molecule has 1 heterocycles. The lowest BCUT2D eigenvalue weighted by molar-refractivity contribution is 0.104. The summed E-state index contributed by atoms with van der Waals surface area (Å²) in [6, 6.07) is 13.5. The Hall–Kier alpha value is -1.87. The molecule has 3 rings (SSSR count). The van der Waals surface area contributed by atoms with E-state index in [4.69, 9.17) is 4.74 Å². The maximum absolute atomic E-state index is 12.3. The SMILES string of the molecule is CC1(C)Cc2cc(C(=O)C=Cc3ccc(Br)cc3)ccc2O1. The Bertz CT molecular complexity index is 743. The van der Waals surface area contributed by atoms with Gasteiger partial charge < -0.3 is 4.74 Å². The van der Waals surface area contributed by atoms with Crippen molar-refractivity contribution in [2.75, 3.05) is 0 Å². The lowest BCUT2D eigenvalue weighted by Crippen LogP contribution is -2.24. The van der Waals surface area contributed by atoms with Crippen molar-refractivity contribution in [1.82, 2.24) is 0 Å². The minimum absolute atomic E-state index is 0.00965. The summed E-state index contributed by atoms with van der Waals surface area (Å²) in [7, 11) is 0. The molecule has 2 aromatic carbocycles. The monoisotopic (exact) mass is 356 g/mol. The number of hydrogen-bond acceptors (Lipinski definition) is 2. The smallest absolute Gasteiger partial charge is 0.185 e. The molecule has 0 spiro atoms. The van der Waals surface area contributed by atoms with Crippen LogP contribution in [-0.4, -0.2) is 11.4 Å². The number of benzene rings is 2. The number of rotatable bonds is 3. The summed E-state index contributed by atoms with van der Waals surface area (Å²) in [6.07, 6.45) is 4.29. The molecule has 1 aliphatic heterocycles. The van der Waals surface area contributed by atoms with Gasteiger partial charge in [0.1, 0.15) is 11.4 Å². The van der Waals surface area contributed by atoms with Crippen molar-refractivity contribution < 1.29 is 9.53 Å². The summed E-state index contributed by atoms with van der Waals surface area (Å²) in [5, 5.41) is 0. The summed E-state index contributed by atoms with van der Waals surface area (Å²) in [6.45, 7) is 4.11. The van der Waals surface area contributed by atoms with Gasteiger partial charge in [0, 0.05) is 16.5 Å². The van der Waals surface area contributed by atoms with Gasteiger partial charge >= 0.3 is 0 Å². The number of allylic oxidation sites excluding steroid dienone is 1. The van der Waals surface area contributed by atoms with Crippen LogP contribution in [0.15, 0.2) is 53.0 Å². The van der Waals surface area contributed by atoms with E-state index in [2.05, 4.69) is 29.8 Å². The van der Waals surface area contributed by atoms with Gasteiger partial charge in [-0.2, -0.15) is 0 Å². The molecule has 0 N–H and O–H groups in total. The minimum atomic E-state index is -0.183. The zero-order valence-electron chi connectivity index (χ0n) is 12.6. The second-order valence-electron chi connectivity index (χ2n) is 6.11. The van der Waals surface area contributed by atoms with Crippen LogP contribution in [0.4, 0.5) is 0 Å². The average Bonchev–Trinajstić information content (AvgIpc) is 2.79. The van der Waals surface area contributed by atoms with Gasteiger partial charge in [-0.3, -0.25) is 4.79 Å². The van der Waals surface area contributed by atoms with Crippen molar-refractivity contribution >= 4 is 27.8 Å². The highest BCUT2D eigenvalue weighted by atomic mass is 79.9. The third-order valence-corrected chi connectivity index (χ3v) is 4.17. The second-order valence-corrected chi connectivity index (χ2v) is 7.03. The number of halogens is 1. The molecule has 0 fully saturated rings. The Morgan fingerprint density at radius 3 is 2.64 bits per heavy atom. The van der Waals surface area contributed by atoms with Gasteiger partial charge in [0.05, 0.1) is 0 Å². The van der Waals surface area contributed by atoms with Crippen LogP contribution in [0.5, 0.6) is 5.75 Å². The molecule has 0 atom stereocenters. The molecular weight excluding hydrogens is 340 g/mol. The van der Waals surface area contributed by atoms with Gasteiger partial charge in [-0.25, -0.2) is 0 Å². The first-order valence-corrected chi connectivity index (χ1v) is 8.02. The van der Waals surface area contributed by atoms with Gasteiger partial charge in [-0.1, -0.05) is 34.1 Å². The zero-order valence-corrected chi connectivity index (χ0v) is 14.2. The van der Waals surface area contributed by atoms with E-state index in [0.29, 0.717) is 5.56 Å². The molecule has 0 saturated carbocycles. The largest absolute Gasteiger partial charge is 0.487 e. The minimum Gasteiger partial charge on any atom is -0.487 e. The van der Waals surface area contributed by atoms with Crippen LogP contribution in [-0.2, 0) is 6.42 Å². The summed E-state index contributed by atoms with van der Waals surface area (Å²) in [4.78, 5) is 12.3. The van der Waals surface area contributed by atoms with Crippen LogP contribution >= 0.6 is 15.9 Å². The van der Waals surface area contributed by atoms with Crippen LogP contribution < -0.4 is 4.74 Å². The maximum Gasteiger partial charge on any atom is 0.185 e. The van der Waals surface area contributed by atoms with E-state index in [0.717, 1.165) is 27.8 Å². The van der Waals surface area contributed by atoms with E-state index >= 15 is 0 Å². The van der Waals surface area contributed by atoms with Crippen molar-refractivity contribution in [2.45, 2.75) is 25.9 Å². The third kappa shape index (κ3) is 3.30. The highest BCUT2D eigenvalue weighted by Gasteiger charge is 2.30. The topological polar surface area (TPSA) is 26.3 Å². The molecule has 0 aromatic heterocycles. The van der Waals surface area contributed by atoms with Gasteiger partial charge in [-0.15, -0.1) is 0 Å². The fourth-order valence-corrected chi connectivity index (χ4v) is 2.87. The Morgan fingerprint density at radius 1 is 1.18 bits per heavy atom. The van der Waals surface area contributed by atoms with Gasteiger partial charge in [0.25, 0.3) is 0 Å². The highest BCUT2D eigenvalue weighted by molar-refractivity contribution is 9.10. The molecule has 22 heavy (non-hydrogen) atoms. The van der Waals surface area contributed by atoms with Crippen molar-refractivity contribution in [1.29, 1.82) is 0 Å². The van der Waals surface area contributed by atoms with Crippen LogP contribution in [0.1, 0.15) is 35.3 Å². The summed E-state index contributed by atoms with van der Waals surface area (Å²) < 4.78 is 6.86. The van der Waals surface area contributed by atoms with Gasteiger partial charge in [0.15, 0.2) is 5.78 Å². The Kier molecular flexibility index (Phi) is 3.92. The summed E-state index contributed by atoms with van der Waals surface area (Å²) in [5.74, 6) is 0.897. The first kappa shape index (κ1) is 15.0. The number of ether oxygens (including phenoxy) is 1. The number of hydrogen-bond donors (Lipinski definition) is 0. The highest BCUT2D eigenvalue weighted by Crippen LogP contribution is 2.35. The number of carbonyl (C=O) groups is 1. The van der Waals surface area contributed by atoms with Crippen LogP contribution in [0.3, 0.4) is 0 Å². The standard InChI is InChI=1S/C19H17BrO2/c1-19(2)12-15-11-14(6-10-18(15)22-19)17(21)9-5-13-3-7-16(20)8-4-13/h3-11H,12H2,1-2H3. The average molecular weight is 357 g/mol. The van der Waals surface area contributed by atoms with Crippen LogP contribution in [0.25, 0.3) is 6.08 Å². The molecule has 0 radical (unpaired) electrons. The number of ketones is 1. The first-order chi connectivity index (χ1) is 10.4. The number of carbonyl (C=O) groups excluding carboxylic acids is 1. The molecular formula is C19H17BrO2. The van der Waals surface area contributed by atoms with E-state index < -0.39 is 0 Å². The molecule has 2 aromatic rings. The molecule has 2 nitrogen and oxygen atoms in total. The Labute approximate surface area is 138 Å². The summed E-state index contributed by atoms with van der Waals surface area (Å²) >= 11 is 3.40. The van der Waals surface area contributed by atoms with Crippen molar-refractivity contribution in [3.8, 4) is 5.75 Å². The lowest BCUT2D eigenvalue weighted by atomic mass is 9.99. The van der Waals surface area contributed by atoms with E-state index in [1.807, 2.05) is 48.5 Å². The lowest BCUT2D eigenvalue weighted by Gasteiger charge is -2.16. The molecule has 0 bridgehead atoms. The van der Waals surface area contributed by atoms with Crippen molar-refractivity contribution in [3.05, 3.63) is 69.7 Å². The van der Waals surface area contributed by atoms with Crippen molar-refractivity contribution in [3.63, 3.8) is 0 Å². The molecule has 1 aliphatic rings. The maximum atomic E-state index is 12.3. The summed E-state index contributed by atoms with van der Waals surface area (Å²) in [5.41, 5.74) is 2.63. The Morgan fingerprint density at radius 2 is 1.91 bits per heavy atom. The van der Waals surface area contributed by atoms with E-state index in [9.17, 15) is 4.79 Å².